The van der Waals surface area contributed by atoms with Crippen LogP contribution in [0.15, 0.2) is 24.3 Å². The van der Waals surface area contributed by atoms with Crippen molar-refractivity contribution in [1.82, 2.24) is 4.90 Å². The van der Waals surface area contributed by atoms with E-state index in [4.69, 9.17) is 22.7 Å². The van der Waals surface area contributed by atoms with Gasteiger partial charge < -0.3 is 15.4 Å². The average Bonchev–Trinajstić information content (AvgIpc) is 2.38. The van der Waals surface area contributed by atoms with Crippen molar-refractivity contribution >= 4 is 23.1 Å². The van der Waals surface area contributed by atoms with Gasteiger partial charge in [0, 0.05) is 30.8 Å². The molecule has 0 spiro atoms. The van der Waals surface area contributed by atoms with Crippen LogP contribution in [0.1, 0.15) is 29.8 Å². The number of benzene rings is 1. The van der Waals surface area contributed by atoms with Crippen LogP contribution in [0.25, 0.3) is 0 Å². The van der Waals surface area contributed by atoms with Gasteiger partial charge in [-0.3, -0.25) is 4.79 Å². The number of hydrogen-bond acceptors (Lipinski definition) is 3. The fraction of sp³-hybridized carbons (Fsp3) is 0.429. The van der Waals surface area contributed by atoms with Crippen LogP contribution in [0.5, 0.6) is 0 Å². The van der Waals surface area contributed by atoms with Crippen LogP contribution in [0.3, 0.4) is 0 Å². The molecular formula is C14H20N2O2S. The number of rotatable bonds is 6. The zero-order chi connectivity index (χ0) is 14.4. The number of nitrogens with zero attached hydrogens (tertiary/aromatic N) is 1. The summed E-state index contributed by atoms with van der Waals surface area (Å²) in [6, 6.07) is 7.16. The lowest BCUT2D eigenvalue weighted by molar-refractivity contribution is 0.0635. The van der Waals surface area contributed by atoms with Crippen LogP contribution in [0.2, 0.25) is 0 Å². The van der Waals surface area contributed by atoms with Crippen molar-refractivity contribution in [3.63, 3.8) is 0 Å². The van der Waals surface area contributed by atoms with Crippen LogP contribution in [-0.4, -0.2) is 42.1 Å². The highest BCUT2D eigenvalue weighted by molar-refractivity contribution is 7.80. The van der Waals surface area contributed by atoms with Crippen molar-refractivity contribution in [2.24, 2.45) is 5.73 Å². The molecule has 1 aromatic carbocycles. The molecule has 0 fully saturated rings. The van der Waals surface area contributed by atoms with Crippen LogP contribution >= 0.6 is 12.2 Å². The lowest BCUT2D eigenvalue weighted by Crippen LogP contribution is -2.39. The fourth-order valence-electron chi connectivity index (χ4n) is 1.73. The molecule has 0 aliphatic heterocycles. The standard InChI is InChI=1S/C14H20N2O2S/c1-10(2)16(8-9-18-3)14(17)12-6-4-11(5-7-12)13(15)19/h4-7,10H,8-9H2,1-3H3,(H2,15,19). The van der Waals surface area contributed by atoms with Gasteiger partial charge in [-0.25, -0.2) is 0 Å². The molecule has 1 aromatic rings. The largest absolute Gasteiger partial charge is 0.389 e. The molecule has 0 radical (unpaired) electrons. The van der Waals surface area contributed by atoms with Gasteiger partial charge in [0.05, 0.1) is 6.61 Å². The van der Waals surface area contributed by atoms with E-state index in [0.717, 1.165) is 5.56 Å². The first-order valence-electron chi connectivity index (χ1n) is 6.17. The summed E-state index contributed by atoms with van der Waals surface area (Å²) in [5.41, 5.74) is 6.93. The van der Waals surface area contributed by atoms with Gasteiger partial charge in [0.25, 0.3) is 5.91 Å². The predicted molar refractivity (Wildman–Crippen MR) is 80.4 cm³/mol. The number of hydrogen-bond donors (Lipinski definition) is 1. The molecule has 0 saturated heterocycles. The molecule has 0 unspecified atom stereocenters. The van der Waals surface area contributed by atoms with E-state index in [-0.39, 0.29) is 11.9 Å². The topological polar surface area (TPSA) is 55.6 Å². The molecule has 0 aliphatic rings. The molecule has 5 heteroatoms. The molecule has 4 nitrogen and oxygen atoms in total. The Bertz CT molecular complexity index is 443. The number of carbonyl (C=O) groups excluding carboxylic acids is 1. The second-order valence-electron chi connectivity index (χ2n) is 4.53. The van der Waals surface area contributed by atoms with Gasteiger partial charge in [0.15, 0.2) is 0 Å². The summed E-state index contributed by atoms with van der Waals surface area (Å²) in [4.78, 5) is 14.5. The van der Waals surface area contributed by atoms with E-state index in [1.807, 2.05) is 13.8 Å². The molecule has 2 N–H and O–H groups in total. The van der Waals surface area contributed by atoms with Crippen molar-refractivity contribution in [3.8, 4) is 0 Å². The number of amides is 1. The average molecular weight is 280 g/mol. The normalized spacial score (nSPS) is 10.5. The molecule has 0 saturated carbocycles. The monoisotopic (exact) mass is 280 g/mol. The molecule has 0 bridgehead atoms. The maximum Gasteiger partial charge on any atom is 0.254 e. The van der Waals surface area contributed by atoms with Gasteiger partial charge in [-0.2, -0.15) is 0 Å². The Morgan fingerprint density at radius 2 is 1.84 bits per heavy atom. The number of ether oxygens (including phenoxy) is 1. The summed E-state index contributed by atoms with van der Waals surface area (Å²) in [5.74, 6) is -0.0125. The Hall–Kier alpha value is -1.46. The minimum atomic E-state index is -0.0125. The van der Waals surface area contributed by atoms with Gasteiger partial charge in [-0.05, 0) is 26.0 Å². The summed E-state index contributed by atoms with van der Waals surface area (Å²) >= 11 is 4.89. The minimum Gasteiger partial charge on any atom is -0.389 e. The molecule has 1 amide bonds. The molecular weight excluding hydrogens is 260 g/mol. The minimum absolute atomic E-state index is 0.0125. The van der Waals surface area contributed by atoms with Crippen LogP contribution in [0, 0.1) is 0 Å². The van der Waals surface area contributed by atoms with Gasteiger partial charge in [0.2, 0.25) is 0 Å². The molecule has 0 aliphatic carbocycles. The van der Waals surface area contributed by atoms with Gasteiger partial charge in [0.1, 0.15) is 4.99 Å². The molecule has 0 heterocycles. The van der Waals surface area contributed by atoms with E-state index in [2.05, 4.69) is 0 Å². The summed E-state index contributed by atoms with van der Waals surface area (Å²) in [6.45, 7) is 5.06. The smallest absolute Gasteiger partial charge is 0.254 e. The molecule has 0 atom stereocenters. The van der Waals surface area contributed by atoms with Gasteiger partial charge in [-0.15, -0.1) is 0 Å². The Morgan fingerprint density at radius 3 is 2.26 bits per heavy atom. The van der Waals surface area contributed by atoms with Crippen molar-refractivity contribution in [2.75, 3.05) is 20.3 Å². The maximum absolute atomic E-state index is 12.4. The number of thiocarbonyl (C=S) groups is 1. The maximum atomic E-state index is 12.4. The summed E-state index contributed by atoms with van der Waals surface area (Å²) in [6.07, 6.45) is 0. The quantitative estimate of drug-likeness (QED) is 0.808. The predicted octanol–water partition coefficient (Wildman–Crippen LogP) is 1.82. The Balaban J connectivity index is 2.87. The number of carbonyl (C=O) groups is 1. The number of nitrogens with two attached hydrogens (primary N) is 1. The van der Waals surface area contributed by atoms with Crippen molar-refractivity contribution in [3.05, 3.63) is 35.4 Å². The summed E-state index contributed by atoms with van der Waals surface area (Å²) in [5, 5.41) is 0. The third-order valence-electron chi connectivity index (χ3n) is 2.84. The van der Waals surface area contributed by atoms with E-state index in [1.165, 1.54) is 0 Å². The zero-order valence-electron chi connectivity index (χ0n) is 11.6. The van der Waals surface area contributed by atoms with Crippen LogP contribution in [0.4, 0.5) is 0 Å². The highest BCUT2D eigenvalue weighted by atomic mass is 32.1. The fourth-order valence-corrected chi connectivity index (χ4v) is 1.86. The third kappa shape index (κ3) is 4.29. The van der Waals surface area contributed by atoms with E-state index in [1.54, 1.807) is 36.3 Å². The lowest BCUT2D eigenvalue weighted by Gasteiger charge is -2.26. The second-order valence-corrected chi connectivity index (χ2v) is 4.97. The van der Waals surface area contributed by atoms with E-state index >= 15 is 0 Å². The Labute approximate surface area is 119 Å². The lowest BCUT2D eigenvalue weighted by atomic mass is 10.1. The molecule has 19 heavy (non-hydrogen) atoms. The summed E-state index contributed by atoms with van der Waals surface area (Å²) < 4.78 is 5.03. The molecule has 1 rings (SSSR count). The van der Waals surface area contributed by atoms with Gasteiger partial charge >= 0.3 is 0 Å². The first-order valence-corrected chi connectivity index (χ1v) is 6.58. The van der Waals surface area contributed by atoms with E-state index < -0.39 is 0 Å². The van der Waals surface area contributed by atoms with Crippen molar-refractivity contribution in [1.29, 1.82) is 0 Å². The van der Waals surface area contributed by atoms with E-state index in [0.29, 0.717) is 23.7 Å². The third-order valence-corrected chi connectivity index (χ3v) is 3.07. The second kappa shape index (κ2) is 7.21. The first kappa shape index (κ1) is 15.6. The highest BCUT2D eigenvalue weighted by Crippen LogP contribution is 2.10. The van der Waals surface area contributed by atoms with Crippen LogP contribution < -0.4 is 5.73 Å². The SMILES string of the molecule is COCCN(C(=O)c1ccc(C(N)=S)cc1)C(C)C. The Morgan fingerprint density at radius 1 is 1.32 bits per heavy atom. The van der Waals surface area contributed by atoms with E-state index in [9.17, 15) is 4.79 Å². The first-order chi connectivity index (χ1) is 8.97. The number of methoxy groups -OCH3 is 1. The van der Waals surface area contributed by atoms with Crippen molar-refractivity contribution in [2.45, 2.75) is 19.9 Å². The van der Waals surface area contributed by atoms with Gasteiger partial charge in [-0.1, -0.05) is 24.4 Å². The van der Waals surface area contributed by atoms with Crippen LogP contribution in [-0.2, 0) is 4.74 Å². The summed E-state index contributed by atoms with van der Waals surface area (Å²) in [7, 11) is 1.62. The molecule has 0 aromatic heterocycles. The highest BCUT2D eigenvalue weighted by Gasteiger charge is 2.18. The zero-order valence-corrected chi connectivity index (χ0v) is 12.4. The van der Waals surface area contributed by atoms with Crippen molar-refractivity contribution < 1.29 is 9.53 Å². The molecule has 104 valence electrons. The Kier molecular flexibility index (Phi) is 5.92.